The molecule has 1 fully saturated rings. The molecule has 2 heterocycles. The molecule has 22 heavy (non-hydrogen) atoms. The van der Waals surface area contributed by atoms with Crippen LogP contribution in [0.1, 0.15) is 44.3 Å². The minimum absolute atomic E-state index is 0.0755. The molecule has 118 valence electrons. The van der Waals surface area contributed by atoms with Crippen LogP contribution in [-0.4, -0.2) is 38.9 Å². The third-order valence-corrected chi connectivity index (χ3v) is 4.06. The largest absolute Gasteiger partial charge is 0.480 e. The zero-order valence-corrected chi connectivity index (χ0v) is 12.8. The molecule has 1 aliphatic rings. The minimum Gasteiger partial charge on any atom is -0.480 e. The van der Waals surface area contributed by atoms with Crippen molar-refractivity contribution in [3.8, 4) is 5.88 Å². The van der Waals surface area contributed by atoms with Crippen molar-refractivity contribution < 1.29 is 9.53 Å². The number of ether oxygens (including phenoxy) is 1. The Kier molecular flexibility index (Phi) is 4.50. The van der Waals surface area contributed by atoms with Gasteiger partial charge in [-0.25, -0.2) is 0 Å². The van der Waals surface area contributed by atoms with E-state index >= 15 is 0 Å². The predicted molar refractivity (Wildman–Crippen MR) is 80.7 cm³/mol. The van der Waals surface area contributed by atoms with Crippen molar-refractivity contribution in [3.05, 3.63) is 18.0 Å². The van der Waals surface area contributed by atoms with Gasteiger partial charge in [0.15, 0.2) is 11.5 Å². The van der Waals surface area contributed by atoms with E-state index in [1.165, 1.54) is 19.3 Å². The highest BCUT2D eigenvalue weighted by Gasteiger charge is 2.16. The zero-order chi connectivity index (χ0) is 15.4. The molecule has 0 bridgehead atoms. The van der Waals surface area contributed by atoms with E-state index in [4.69, 9.17) is 4.74 Å². The number of hydrogen-bond donors (Lipinski definition) is 1. The average Bonchev–Trinajstić information content (AvgIpc) is 2.96. The standard InChI is InChI=1S/C15H21N5O2/c1-22-15-10-8-13-18-17-12(20(13)19-15)7-9-14(21)16-11-5-3-2-4-6-11/h8,10-11H,2-7,9H2,1H3,(H,16,21). The highest BCUT2D eigenvalue weighted by Crippen LogP contribution is 2.17. The topological polar surface area (TPSA) is 81.4 Å². The van der Waals surface area contributed by atoms with Crippen molar-refractivity contribution >= 4 is 11.6 Å². The zero-order valence-electron chi connectivity index (χ0n) is 12.8. The van der Waals surface area contributed by atoms with E-state index in [-0.39, 0.29) is 5.91 Å². The van der Waals surface area contributed by atoms with Crippen LogP contribution < -0.4 is 10.1 Å². The van der Waals surface area contributed by atoms with Gasteiger partial charge in [-0.05, 0) is 18.9 Å². The molecule has 7 nitrogen and oxygen atoms in total. The molecule has 0 aromatic carbocycles. The number of nitrogens with zero attached hydrogens (tertiary/aromatic N) is 4. The molecule has 1 N–H and O–H groups in total. The van der Waals surface area contributed by atoms with E-state index in [9.17, 15) is 4.79 Å². The lowest BCUT2D eigenvalue weighted by Crippen LogP contribution is -2.36. The summed E-state index contributed by atoms with van der Waals surface area (Å²) in [5.74, 6) is 1.25. The number of fused-ring (bicyclic) bond motifs is 1. The molecule has 1 saturated carbocycles. The lowest BCUT2D eigenvalue weighted by molar-refractivity contribution is -0.122. The fourth-order valence-electron chi connectivity index (χ4n) is 2.85. The Morgan fingerprint density at radius 3 is 2.91 bits per heavy atom. The molecule has 0 atom stereocenters. The molecular weight excluding hydrogens is 282 g/mol. The van der Waals surface area contributed by atoms with E-state index < -0.39 is 0 Å². The van der Waals surface area contributed by atoms with Gasteiger partial charge in [-0.1, -0.05) is 19.3 Å². The van der Waals surface area contributed by atoms with Crippen molar-refractivity contribution in [1.82, 2.24) is 25.1 Å². The van der Waals surface area contributed by atoms with Crippen LogP contribution >= 0.6 is 0 Å². The summed E-state index contributed by atoms with van der Waals surface area (Å²) in [6.45, 7) is 0. The van der Waals surface area contributed by atoms with Crippen LogP contribution in [0.25, 0.3) is 5.65 Å². The summed E-state index contributed by atoms with van der Waals surface area (Å²) < 4.78 is 6.74. The normalized spacial score (nSPS) is 15.9. The van der Waals surface area contributed by atoms with Gasteiger partial charge < -0.3 is 10.1 Å². The number of methoxy groups -OCH3 is 1. The third-order valence-electron chi connectivity index (χ3n) is 4.06. The summed E-state index contributed by atoms with van der Waals surface area (Å²) in [6, 6.07) is 3.88. The van der Waals surface area contributed by atoms with Gasteiger partial charge in [0.2, 0.25) is 11.8 Å². The fraction of sp³-hybridized carbons (Fsp3) is 0.600. The number of carbonyl (C=O) groups excluding carboxylic acids is 1. The molecular formula is C15H21N5O2. The second-order valence-electron chi connectivity index (χ2n) is 5.66. The van der Waals surface area contributed by atoms with Crippen molar-refractivity contribution in [3.63, 3.8) is 0 Å². The van der Waals surface area contributed by atoms with Gasteiger partial charge in [0.1, 0.15) is 0 Å². The van der Waals surface area contributed by atoms with Crippen LogP contribution in [0.3, 0.4) is 0 Å². The van der Waals surface area contributed by atoms with Crippen molar-refractivity contribution in [2.45, 2.75) is 51.0 Å². The molecule has 7 heteroatoms. The molecule has 1 amide bonds. The highest BCUT2D eigenvalue weighted by molar-refractivity contribution is 5.76. The van der Waals surface area contributed by atoms with Crippen molar-refractivity contribution in [2.24, 2.45) is 0 Å². The van der Waals surface area contributed by atoms with Gasteiger partial charge in [-0.3, -0.25) is 4.79 Å². The molecule has 0 radical (unpaired) electrons. The lowest BCUT2D eigenvalue weighted by atomic mass is 9.95. The molecule has 2 aromatic heterocycles. The summed E-state index contributed by atoms with van der Waals surface area (Å²) >= 11 is 0. The van der Waals surface area contributed by atoms with Crippen LogP contribution in [-0.2, 0) is 11.2 Å². The quantitative estimate of drug-likeness (QED) is 0.905. The lowest BCUT2D eigenvalue weighted by Gasteiger charge is -2.22. The second kappa shape index (κ2) is 6.72. The van der Waals surface area contributed by atoms with Gasteiger partial charge in [0.05, 0.1) is 7.11 Å². The Labute approximate surface area is 129 Å². The van der Waals surface area contributed by atoms with Gasteiger partial charge in [0, 0.05) is 24.9 Å². The first-order valence-corrected chi connectivity index (χ1v) is 7.81. The van der Waals surface area contributed by atoms with Crippen LogP contribution in [0.2, 0.25) is 0 Å². The number of hydrogen-bond acceptors (Lipinski definition) is 5. The maximum atomic E-state index is 12.1. The number of aryl methyl sites for hydroxylation is 1. The molecule has 0 aliphatic heterocycles. The molecule has 0 spiro atoms. The van der Waals surface area contributed by atoms with Crippen molar-refractivity contribution in [2.75, 3.05) is 7.11 Å². The van der Waals surface area contributed by atoms with E-state index in [2.05, 4.69) is 20.6 Å². The average molecular weight is 303 g/mol. The molecule has 0 unspecified atom stereocenters. The summed E-state index contributed by atoms with van der Waals surface area (Å²) in [4.78, 5) is 12.1. The number of amides is 1. The summed E-state index contributed by atoms with van der Waals surface area (Å²) in [5.41, 5.74) is 0.656. The first kappa shape index (κ1) is 14.7. The molecule has 0 saturated heterocycles. The summed E-state index contributed by atoms with van der Waals surface area (Å²) in [5, 5.41) is 15.6. The summed E-state index contributed by atoms with van der Waals surface area (Å²) in [6.07, 6.45) is 6.81. The van der Waals surface area contributed by atoms with Gasteiger partial charge in [-0.2, -0.15) is 4.52 Å². The number of rotatable bonds is 5. The first-order chi connectivity index (χ1) is 10.8. The van der Waals surface area contributed by atoms with Crippen LogP contribution in [0.4, 0.5) is 0 Å². The minimum atomic E-state index is 0.0755. The third kappa shape index (κ3) is 3.35. The summed E-state index contributed by atoms with van der Waals surface area (Å²) in [7, 11) is 1.57. The van der Waals surface area contributed by atoms with E-state index in [1.807, 2.05) is 0 Å². The smallest absolute Gasteiger partial charge is 0.231 e. The molecule has 1 aliphatic carbocycles. The Morgan fingerprint density at radius 2 is 2.14 bits per heavy atom. The van der Waals surface area contributed by atoms with Crippen LogP contribution in [0, 0.1) is 0 Å². The van der Waals surface area contributed by atoms with Crippen molar-refractivity contribution in [1.29, 1.82) is 0 Å². The van der Waals surface area contributed by atoms with Crippen LogP contribution in [0.15, 0.2) is 12.1 Å². The van der Waals surface area contributed by atoms with E-state index in [0.717, 1.165) is 12.8 Å². The van der Waals surface area contributed by atoms with Gasteiger partial charge in [-0.15, -0.1) is 15.3 Å². The number of nitrogens with one attached hydrogen (secondary N) is 1. The predicted octanol–water partition coefficient (Wildman–Crippen LogP) is 1.51. The van der Waals surface area contributed by atoms with E-state index in [1.54, 1.807) is 23.8 Å². The SMILES string of the molecule is COc1ccc2nnc(CCC(=O)NC3CCCCC3)n2n1. The molecule has 2 aromatic rings. The molecule has 3 rings (SSSR count). The Morgan fingerprint density at radius 1 is 1.32 bits per heavy atom. The maximum absolute atomic E-state index is 12.1. The van der Waals surface area contributed by atoms with Gasteiger partial charge >= 0.3 is 0 Å². The number of aromatic nitrogens is 4. The first-order valence-electron chi connectivity index (χ1n) is 7.81. The Hall–Kier alpha value is -2.18. The monoisotopic (exact) mass is 303 g/mol. The Balaban J connectivity index is 1.59. The fourth-order valence-corrected chi connectivity index (χ4v) is 2.85. The Bertz CT molecular complexity index is 648. The maximum Gasteiger partial charge on any atom is 0.231 e. The van der Waals surface area contributed by atoms with Gasteiger partial charge in [0.25, 0.3) is 0 Å². The number of carbonyl (C=O) groups is 1. The van der Waals surface area contributed by atoms with Crippen LogP contribution in [0.5, 0.6) is 5.88 Å². The van der Waals surface area contributed by atoms with E-state index in [0.29, 0.717) is 36.2 Å². The highest BCUT2D eigenvalue weighted by atomic mass is 16.5. The second-order valence-corrected chi connectivity index (χ2v) is 5.66.